The second-order valence-electron chi connectivity index (χ2n) is 4.69. The highest BCUT2D eigenvalue weighted by Crippen LogP contribution is 2.30. The Kier molecular flexibility index (Phi) is 4.16. The van der Waals surface area contributed by atoms with E-state index < -0.39 is 45.2 Å². The zero-order valence-electron chi connectivity index (χ0n) is 11.4. The van der Waals surface area contributed by atoms with Gasteiger partial charge in [-0.25, -0.2) is 27.1 Å². The van der Waals surface area contributed by atoms with Crippen LogP contribution < -0.4 is 10.0 Å². The summed E-state index contributed by atoms with van der Waals surface area (Å²) in [6.45, 7) is -0.354. The molecule has 2 rings (SSSR count). The van der Waals surface area contributed by atoms with Crippen molar-refractivity contribution in [3.8, 4) is 0 Å². The minimum absolute atomic E-state index is 0.262. The van der Waals surface area contributed by atoms with Gasteiger partial charge in [-0.2, -0.15) is 0 Å². The summed E-state index contributed by atoms with van der Waals surface area (Å²) in [6, 6.07) is 1.24. The second kappa shape index (κ2) is 5.61. The lowest BCUT2D eigenvalue weighted by molar-refractivity contribution is -0.117. The van der Waals surface area contributed by atoms with E-state index in [2.05, 4.69) is 4.74 Å². The summed E-state index contributed by atoms with van der Waals surface area (Å²) in [5.74, 6) is -4.23. The van der Waals surface area contributed by atoms with Crippen LogP contribution >= 0.6 is 0 Å². The molecule has 1 aromatic rings. The van der Waals surface area contributed by atoms with E-state index in [4.69, 9.17) is 5.14 Å². The quantitative estimate of drug-likeness (QED) is 0.792. The Morgan fingerprint density at radius 2 is 1.95 bits per heavy atom. The highest BCUT2D eigenvalue weighted by molar-refractivity contribution is 7.89. The molecule has 0 aromatic heterocycles. The Balaban J connectivity index is 2.50. The fourth-order valence-electron chi connectivity index (χ4n) is 2.16. The molecule has 0 bridgehead atoms. The third-order valence-corrected chi connectivity index (χ3v) is 4.53. The van der Waals surface area contributed by atoms with Gasteiger partial charge in [0.15, 0.2) is 11.6 Å². The fourth-order valence-corrected chi connectivity index (χ4v) is 2.89. The second-order valence-corrected chi connectivity index (χ2v) is 6.54. The van der Waals surface area contributed by atoms with Crippen LogP contribution in [0.1, 0.15) is 16.8 Å². The number of sulfonamides is 1. The van der Waals surface area contributed by atoms with Crippen molar-refractivity contribution in [3.63, 3.8) is 0 Å². The number of anilines is 1. The molecule has 1 aliphatic rings. The number of amides is 1. The van der Waals surface area contributed by atoms with Gasteiger partial charge in [-0.05, 0) is 6.07 Å². The Bertz CT molecular complexity index is 750. The minimum atomic E-state index is -3.98. The molecule has 1 atom stereocenters. The van der Waals surface area contributed by atoms with Crippen molar-refractivity contribution in [1.29, 1.82) is 0 Å². The maximum atomic E-state index is 13.4. The van der Waals surface area contributed by atoms with E-state index in [-0.39, 0.29) is 17.8 Å². The zero-order valence-corrected chi connectivity index (χ0v) is 12.2. The van der Waals surface area contributed by atoms with Gasteiger partial charge in [0.05, 0.1) is 18.4 Å². The van der Waals surface area contributed by atoms with Gasteiger partial charge in [-0.15, -0.1) is 0 Å². The van der Waals surface area contributed by atoms with E-state index >= 15 is 0 Å². The van der Waals surface area contributed by atoms with Crippen molar-refractivity contribution < 1.29 is 31.5 Å². The molecule has 0 spiro atoms. The Labute approximate surface area is 124 Å². The molecule has 0 aliphatic carbocycles. The van der Waals surface area contributed by atoms with Crippen LogP contribution in [0.3, 0.4) is 0 Å². The summed E-state index contributed by atoms with van der Waals surface area (Å²) >= 11 is 0. The fraction of sp³-hybridized carbons (Fsp3) is 0.333. The van der Waals surface area contributed by atoms with Crippen LogP contribution in [-0.2, 0) is 19.6 Å². The summed E-state index contributed by atoms with van der Waals surface area (Å²) in [7, 11) is -2.95. The highest BCUT2D eigenvalue weighted by Gasteiger charge is 2.39. The summed E-state index contributed by atoms with van der Waals surface area (Å²) < 4.78 is 53.8. The third kappa shape index (κ3) is 2.92. The molecule has 0 saturated carbocycles. The van der Waals surface area contributed by atoms with Crippen LogP contribution in [-0.4, -0.2) is 39.2 Å². The van der Waals surface area contributed by atoms with Crippen molar-refractivity contribution in [2.45, 2.75) is 11.7 Å². The van der Waals surface area contributed by atoms with Crippen LogP contribution in [0.25, 0.3) is 0 Å². The van der Waals surface area contributed by atoms with Gasteiger partial charge in [0, 0.05) is 19.0 Å². The third-order valence-electron chi connectivity index (χ3n) is 3.29. The van der Waals surface area contributed by atoms with Crippen LogP contribution in [0, 0.1) is 11.6 Å². The molecule has 22 heavy (non-hydrogen) atoms. The van der Waals surface area contributed by atoms with E-state index in [9.17, 15) is 26.8 Å². The molecular weight excluding hydrogens is 322 g/mol. The SMILES string of the molecule is COC(=O)c1cc(F)c(F)cc1N1CC(S(N)(=O)=O)CC1=O. The van der Waals surface area contributed by atoms with Gasteiger partial charge < -0.3 is 9.64 Å². The topological polar surface area (TPSA) is 107 Å². The lowest BCUT2D eigenvalue weighted by Crippen LogP contribution is -2.32. The number of rotatable bonds is 3. The van der Waals surface area contributed by atoms with Gasteiger partial charge in [0.2, 0.25) is 15.9 Å². The average molecular weight is 334 g/mol. The van der Waals surface area contributed by atoms with Crippen molar-refractivity contribution in [2.24, 2.45) is 5.14 Å². The lowest BCUT2D eigenvalue weighted by atomic mass is 10.1. The smallest absolute Gasteiger partial charge is 0.340 e. The first kappa shape index (κ1) is 16.3. The molecule has 1 amide bonds. The maximum absolute atomic E-state index is 13.4. The molecule has 1 aliphatic heterocycles. The number of methoxy groups -OCH3 is 1. The standard InChI is InChI=1S/C12H12F2N2O5S/c1-21-12(18)7-3-8(13)9(14)4-10(7)16-5-6(2-11(16)17)22(15,19)20/h3-4,6H,2,5H2,1H3,(H2,15,19,20). The van der Waals surface area contributed by atoms with Gasteiger partial charge >= 0.3 is 5.97 Å². The van der Waals surface area contributed by atoms with Crippen LogP contribution in [0.15, 0.2) is 12.1 Å². The monoisotopic (exact) mass is 334 g/mol. The highest BCUT2D eigenvalue weighted by atomic mass is 32.2. The average Bonchev–Trinajstić information content (AvgIpc) is 2.82. The van der Waals surface area contributed by atoms with Crippen molar-refractivity contribution in [1.82, 2.24) is 0 Å². The number of benzene rings is 1. The minimum Gasteiger partial charge on any atom is -0.465 e. The number of halogens is 2. The number of primary sulfonamides is 1. The number of hydrogen-bond donors (Lipinski definition) is 1. The molecule has 10 heteroatoms. The molecule has 1 fully saturated rings. The summed E-state index contributed by atoms with van der Waals surface area (Å²) in [4.78, 5) is 24.5. The predicted octanol–water partition coefficient (Wildman–Crippen LogP) is 0.145. The first-order valence-corrected chi connectivity index (χ1v) is 7.65. The summed E-state index contributed by atoms with van der Waals surface area (Å²) in [5.41, 5.74) is -0.647. The number of carbonyl (C=O) groups is 2. The summed E-state index contributed by atoms with van der Waals surface area (Å²) in [5, 5.41) is 3.81. The van der Waals surface area contributed by atoms with Gasteiger partial charge in [-0.3, -0.25) is 4.79 Å². The first-order valence-electron chi connectivity index (χ1n) is 6.04. The largest absolute Gasteiger partial charge is 0.465 e. The molecule has 120 valence electrons. The first-order chi connectivity index (χ1) is 10.1. The zero-order chi connectivity index (χ0) is 16.7. The Morgan fingerprint density at radius 1 is 1.36 bits per heavy atom. The normalized spacial score (nSPS) is 18.6. The van der Waals surface area contributed by atoms with Crippen molar-refractivity contribution in [3.05, 3.63) is 29.3 Å². The maximum Gasteiger partial charge on any atom is 0.340 e. The number of ether oxygens (including phenoxy) is 1. The number of nitrogens with two attached hydrogens (primary N) is 1. The predicted molar refractivity (Wildman–Crippen MR) is 71.6 cm³/mol. The number of esters is 1. The van der Waals surface area contributed by atoms with Gasteiger partial charge in [0.25, 0.3) is 0 Å². The molecule has 1 aromatic carbocycles. The van der Waals surface area contributed by atoms with E-state index in [1.807, 2.05) is 0 Å². The molecule has 2 N–H and O–H groups in total. The molecule has 0 radical (unpaired) electrons. The molecule has 1 saturated heterocycles. The van der Waals surface area contributed by atoms with E-state index in [0.29, 0.717) is 12.1 Å². The summed E-state index contributed by atoms with van der Waals surface area (Å²) in [6.07, 6.45) is -0.404. The number of nitrogens with zero attached hydrogens (tertiary/aromatic N) is 1. The van der Waals surface area contributed by atoms with E-state index in [1.165, 1.54) is 0 Å². The van der Waals surface area contributed by atoms with Gasteiger partial charge in [-0.1, -0.05) is 0 Å². The molecule has 7 nitrogen and oxygen atoms in total. The molecule has 1 unspecified atom stereocenters. The van der Waals surface area contributed by atoms with Crippen molar-refractivity contribution >= 4 is 27.6 Å². The lowest BCUT2D eigenvalue weighted by Gasteiger charge is -2.19. The van der Waals surface area contributed by atoms with E-state index in [1.54, 1.807) is 0 Å². The molecular formula is C12H12F2N2O5S. The van der Waals surface area contributed by atoms with Crippen LogP contribution in [0.2, 0.25) is 0 Å². The van der Waals surface area contributed by atoms with Crippen LogP contribution in [0.4, 0.5) is 14.5 Å². The Hall–Kier alpha value is -2.07. The van der Waals surface area contributed by atoms with E-state index in [0.717, 1.165) is 12.0 Å². The Morgan fingerprint density at radius 3 is 2.45 bits per heavy atom. The van der Waals surface area contributed by atoms with Crippen LogP contribution in [0.5, 0.6) is 0 Å². The number of carbonyl (C=O) groups excluding carboxylic acids is 2. The number of hydrogen-bond acceptors (Lipinski definition) is 5. The molecule has 1 heterocycles. The van der Waals surface area contributed by atoms with Gasteiger partial charge in [0.1, 0.15) is 5.25 Å². The van der Waals surface area contributed by atoms with Crippen molar-refractivity contribution in [2.75, 3.05) is 18.6 Å².